The average molecular weight is 441 g/mol. The molecule has 4 aromatic heterocycles. The molecular formula is C19H14F2N7O2P. The van der Waals surface area contributed by atoms with Crippen LogP contribution in [0.5, 0.6) is 0 Å². The Hall–Kier alpha value is -3.56. The molecule has 31 heavy (non-hydrogen) atoms. The smallest absolute Gasteiger partial charge is 0.335 e. The zero-order valence-electron chi connectivity index (χ0n) is 16.0. The van der Waals surface area contributed by atoms with Gasteiger partial charge in [-0.2, -0.15) is 18.4 Å². The van der Waals surface area contributed by atoms with Crippen molar-refractivity contribution < 1.29 is 18.2 Å². The monoisotopic (exact) mass is 441 g/mol. The molecule has 0 spiro atoms. The van der Waals surface area contributed by atoms with Gasteiger partial charge in [-0.15, -0.1) is 10.2 Å². The third-order valence-corrected chi connectivity index (χ3v) is 6.02. The van der Waals surface area contributed by atoms with Crippen LogP contribution in [0, 0.1) is 0 Å². The van der Waals surface area contributed by atoms with Crippen molar-refractivity contribution >= 4 is 24.1 Å². The molecule has 0 aliphatic rings. The highest BCUT2D eigenvalue weighted by Crippen LogP contribution is 2.36. The number of benzene rings is 1. The highest BCUT2D eigenvalue weighted by Gasteiger charge is 2.40. The second-order valence-corrected chi connectivity index (χ2v) is 9.27. The van der Waals surface area contributed by atoms with Gasteiger partial charge < -0.3 is 9.29 Å². The summed E-state index contributed by atoms with van der Waals surface area (Å²) >= 11 is 0. The van der Waals surface area contributed by atoms with Crippen molar-refractivity contribution in [1.29, 1.82) is 0 Å². The highest BCUT2D eigenvalue weighted by molar-refractivity contribution is 7.65. The number of fused-ring (bicyclic) bond motifs is 2. The molecule has 0 bridgehead atoms. The van der Waals surface area contributed by atoms with E-state index in [0.29, 0.717) is 11.2 Å². The van der Waals surface area contributed by atoms with Crippen molar-refractivity contribution in [3.05, 3.63) is 72.6 Å². The summed E-state index contributed by atoms with van der Waals surface area (Å²) in [5, 5.41) is 11.8. The van der Waals surface area contributed by atoms with Gasteiger partial charge in [-0.3, -0.25) is 4.57 Å². The molecule has 5 aromatic rings. The maximum absolute atomic E-state index is 15.3. The molecule has 1 atom stereocenters. The summed E-state index contributed by atoms with van der Waals surface area (Å²) in [4.78, 5) is 17.9. The number of nitrogens with zero attached hydrogens (tertiary/aromatic N) is 7. The molecule has 0 aliphatic carbocycles. The Morgan fingerprint density at radius 1 is 1.13 bits per heavy atom. The number of hydrogen-bond acceptors (Lipinski definition) is 6. The van der Waals surface area contributed by atoms with Crippen LogP contribution in [0.25, 0.3) is 22.7 Å². The average Bonchev–Trinajstić information content (AvgIpc) is 3.39. The van der Waals surface area contributed by atoms with E-state index < -0.39 is 19.1 Å². The number of alkyl halides is 2. The van der Waals surface area contributed by atoms with Gasteiger partial charge in [-0.1, -0.05) is 12.1 Å². The summed E-state index contributed by atoms with van der Waals surface area (Å²) in [6.07, 6.45) is 5.69. The minimum absolute atomic E-state index is 0.0957. The molecule has 0 saturated heterocycles. The van der Waals surface area contributed by atoms with E-state index in [-0.39, 0.29) is 22.3 Å². The first-order valence-electron chi connectivity index (χ1n) is 9.05. The number of imidazole rings is 1. The molecule has 0 fully saturated rings. The first-order chi connectivity index (χ1) is 14.7. The van der Waals surface area contributed by atoms with Crippen LogP contribution in [0.3, 0.4) is 0 Å². The largest absolute Gasteiger partial charge is 0.341 e. The number of hydrogen-bond donors (Lipinski definition) is 1. The first kappa shape index (κ1) is 19.4. The van der Waals surface area contributed by atoms with Crippen LogP contribution in [-0.4, -0.2) is 45.7 Å². The van der Waals surface area contributed by atoms with Crippen LogP contribution in [0.4, 0.5) is 8.78 Å². The van der Waals surface area contributed by atoms with E-state index in [4.69, 9.17) is 0 Å². The molecular weight excluding hydrogens is 427 g/mol. The normalized spacial score (nSPS) is 14.2. The Kier molecular flexibility index (Phi) is 4.21. The summed E-state index contributed by atoms with van der Waals surface area (Å²) in [6, 6.07) is 8.97. The van der Waals surface area contributed by atoms with Gasteiger partial charge in [0.2, 0.25) is 13.2 Å². The lowest BCUT2D eigenvalue weighted by molar-refractivity contribution is 0.0301. The van der Waals surface area contributed by atoms with Crippen molar-refractivity contribution in [3.8, 4) is 11.3 Å². The minimum atomic E-state index is -3.52. The van der Waals surface area contributed by atoms with E-state index in [0.717, 1.165) is 4.52 Å². The lowest BCUT2D eigenvalue weighted by Gasteiger charge is -2.15. The number of halogens is 2. The van der Waals surface area contributed by atoms with Crippen LogP contribution in [0.1, 0.15) is 11.4 Å². The first-order valence-corrected chi connectivity index (χ1v) is 11.2. The summed E-state index contributed by atoms with van der Waals surface area (Å²) < 4.78 is 45.0. The van der Waals surface area contributed by atoms with Crippen LogP contribution >= 0.6 is 7.37 Å². The fraction of sp³-hybridized carbons (Fsp3) is 0.105. The minimum Gasteiger partial charge on any atom is -0.341 e. The van der Waals surface area contributed by atoms with E-state index in [1.807, 2.05) is 0 Å². The third kappa shape index (κ3) is 3.28. The molecule has 12 heteroatoms. The quantitative estimate of drug-likeness (QED) is 0.427. The molecule has 0 aliphatic heterocycles. The maximum atomic E-state index is 15.3. The Morgan fingerprint density at radius 2 is 1.97 bits per heavy atom. The molecule has 1 unspecified atom stereocenters. The highest BCUT2D eigenvalue weighted by atomic mass is 31.2. The van der Waals surface area contributed by atoms with Crippen molar-refractivity contribution in [2.24, 2.45) is 0 Å². The van der Waals surface area contributed by atoms with Crippen molar-refractivity contribution in [2.45, 2.75) is 5.92 Å². The van der Waals surface area contributed by atoms with Crippen LogP contribution in [-0.2, 0) is 10.5 Å². The topological polar surface area (TPSA) is 111 Å². The zero-order valence-corrected chi connectivity index (χ0v) is 16.9. The lowest BCUT2D eigenvalue weighted by Crippen LogP contribution is -2.21. The van der Waals surface area contributed by atoms with Crippen LogP contribution in [0.2, 0.25) is 0 Å². The van der Waals surface area contributed by atoms with Crippen LogP contribution in [0.15, 0.2) is 61.2 Å². The fourth-order valence-corrected chi connectivity index (χ4v) is 3.92. The summed E-state index contributed by atoms with van der Waals surface area (Å²) in [7, 11) is -3.50. The third-order valence-electron chi connectivity index (χ3n) is 4.79. The van der Waals surface area contributed by atoms with E-state index in [2.05, 4.69) is 25.3 Å². The van der Waals surface area contributed by atoms with Gasteiger partial charge in [0.25, 0.3) is 5.78 Å². The Bertz CT molecular complexity index is 1490. The van der Waals surface area contributed by atoms with E-state index >= 15 is 8.78 Å². The van der Waals surface area contributed by atoms with Gasteiger partial charge in [0, 0.05) is 41.7 Å². The molecule has 0 amide bonds. The van der Waals surface area contributed by atoms with Gasteiger partial charge in [-0.05, 0) is 24.3 Å². The van der Waals surface area contributed by atoms with Crippen molar-refractivity contribution in [1.82, 2.24) is 34.2 Å². The zero-order chi connectivity index (χ0) is 21.8. The van der Waals surface area contributed by atoms with Crippen LogP contribution < -0.4 is 5.30 Å². The number of aromatic nitrogens is 7. The van der Waals surface area contributed by atoms with E-state index in [1.54, 1.807) is 18.3 Å². The maximum Gasteiger partial charge on any atom is 0.335 e. The molecule has 5 rings (SSSR count). The van der Waals surface area contributed by atoms with Gasteiger partial charge in [0.05, 0.1) is 6.20 Å². The van der Waals surface area contributed by atoms with Gasteiger partial charge in [0.1, 0.15) is 11.3 Å². The van der Waals surface area contributed by atoms with Gasteiger partial charge >= 0.3 is 5.92 Å². The number of rotatable bonds is 4. The number of pyridine rings is 1. The van der Waals surface area contributed by atoms with Crippen molar-refractivity contribution in [3.63, 3.8) is 0 Å². The second kappa shape index (κ2) is 6.73. The van der Waals surface area contributed by atoms with E-state index in [1.165, 1.54) is 53.9 Å². The van der Waals surface area contributed by atoms with E-state index in [9.17, 15) is 9.46 Å². The standard InChI is InChI=1S/C19H14F2N7O2P/c1-31(29,30)14-4-2-3-12(9-14)15-10-23-18-25-24-17(28(18)26-15)19(20,21)13-5-6-16-22-7-8-27(16)11-13/h2-11H,1H3,(H,29,30). The molecule has 4 heterocycles. The second-order valence-electron chi connectivity index (χ2n) is 6.99. The predicted octanol–water partition coefficient (Wildman–Crippen LogP) is 2.50. The molecule has 0 radical (unpaired) electrons. The summed E-state index contributed by atoms with van der Waals surface area (Å²) in [5.41, 5.74) is 0.897. The molecule has 9 nitrogen and oxygen atoms in total. The SMILES string of the molecule is CP(=O)(O)c1cccc(-c2cnc3nnc(C(F)(F)c4ccc5nccn5c4)n3n2)c1. The fourth-order valence-electron chi connectivity index (χ4n) is 3.18. The van der Waals surface area contributed by atoms with Crippen molar-refractivity contribution in [2.75, 3.05) is 6.66 Å². The Balaban J connectivity index is 1.63. The summed E-state index contributed by atoms with van der Waals surface area (Å²) in [6.45, 7) is 1.22. The molecule has 1 N–H and O–H groups in total. The molecule has 156 valence electrons. The Morgan fingerprint density at radius 3 is 2.77 bits per heavy atom. The predicted molar refractivity (Wildman–Crippen MR) is 108 cm³/mol. The Labute approximate surface area is 173 Å². The summed E-state index contributed by atoms with van der Waals surface area (Å²) in [5.74, 6) is -4.31. The van der Waals surface area contributed by atoms with Gasteiger partial charge in [-0.25, -0.2) is 9.97 Å². The molecule has 0 saturated carbocycles. The van der Waals surface area contributed by atoms with Gasteiger partial charge in [0.15, 0.2) is 0 Å². The molecule has 1 aromatic carbocycles. The lowest BCUT2D eigenvalue weighted by atomic mass is 10.1.